The molecule has 10 heteroatoms. The standard InChI is InChI=1S/C25H36BrN3O5S/c1-3-5-7-9-14-33-21-11-10-18(26)16-19(21)23(31)28-25(35)29-13-12-27-24(32)20(29)17-22(30)34-15-8-6-4-2/h10-11,16,20H,3-9,12-15,17H2,1-2H3,(H,27,32)(H,28,31,35). The summed E-state index contributed by atoms with van der Waals surface area (Å²) in [4.78, 5) is 39.5. The number of ether oxygens (including phenoxy) is 2. The summed E-state index contributed by atoms with van der Waals surface area (Å²) in [6.07, 6.45) is 6.88. The molecule has 1 aliphatic rings. The van der Waals surface area contributed by atoms with Crippen LogP contribution >= 0.6 is 28.1 Å². The number of thiocarbonyl (C=S) groups is 1. The maximum Gasteiger partial charge on any atom is 0.308 e. The molecule has 2 N–H and O–H groups in total. The number of unbranched alkanes of at least 4 members (excludes halogenated alkanes) is 5. The third-order valence-electron chi connectivity index (χ3n) is 5.62. The molecule has 1 aliphatic heterocycles. The van der Waals surface area contributed by atoms with Crippen LogP contribution in [-0.2, 0) is 14.3 Å². The Morgan fingerprint density at radius 1 is 1.14 bits per heavy atom. The summed E-state index contributed by atoms with van der Waals surface area (Å²) >= 11 is 8.88. The zero-order valence-corrected chi connectivity index (χ0v) is 23.0. The molecule has 0 radical (unpaired) electrons. The Morgan fingerprint density at radius 3 is 2.60 bits per heavy atom. The molecule has 194 valence electrons. The van der Waals surface area contributed by atoms with E-state index in [1.165, 1.54) is 0 Å². The molecule has 2 amide bonds. The minimum absolute atomic E-state index is 0.0857. The first kappa shape index (κ1) is 29.0. The number of amides is 2. The van der Waals surface area contributed by atoms with Gasteiger partial charge in [-0.1, -0.05) is 61.9 Å². The summed E-state index contributed by atoms with van der Waals surface area (Å²) in [5.41, 5.74) is 0.338. The molecule has 1 atom stereocenters. The fraction of sp³-hybridized carbons (Fsp3) is 0.600. The van der Waals surface area contributed by atoms with E-state index < -0.39 is 17.9 Å². The lowest BCUT2D eigenvalue weighted by Gasteiger charge is -2.36. The van der Waals surface area contributed by atoms with Gasteiger partial charge in [0.15, 0.2) is 5.11 Å². The van der Waals surface area contributed by atoms with Gasteiger partial charge >= 0.3 is 5.97 Å². The van der Waals surface area contributed by atoms with Crippen molar-refractivity contribution in [2.24, 2.45) is 0 Å². The fourth-order valence-corrected chi connectivity index (χ4v) is 4.34. The van der Waals surface area contributed by atoms with Crippen LogP contribution in [0.3, 0.4) is 0 Å². The van der Waals surface area contributed by atoms with Crippen molar-refractivity contribution < 1.29 is 23.9 Å². The first-order valence-corrected chi connectivity index (χ1v) is 13.5. The Morgan fingerprint density at radius 2 is 1.86 bits per heavy atom. The number of hydrogen-bond donors (Lipinski definition) is 2. The van der Waals surface area contributed by atoms with Gasteiger partial charge in [0, 0.05) is 17.6 Å². The van der Waals surface area contributed by atoms with Crippen molar-refractivity contribution in [3.8, 4) is 5.75 Å². The zero-order chi connectivity index (χ0) is 25.6. The van der Waals surface area contributed by atoms with Gasteiger partial charge in [-0.15, -0.1) is 0 Å². The number of nitrogens with one attached hydrogen (secondary N) is 2. The van der Waals surface area contributed by atoms with Crippen LogP contribution in [0.2, 0.25) is 0 Å². The van der Waals surface area contributed by atoms with E-state index in [1.807, 2.05) is 6.07 Å². The number of esters is 1. The van der Waals surface area contributed by atoms with Crippen LogP contribution in [0, 0.1) is 0 Å². The highest BCUT2D eigenvalue weighted by atomic mass is 79.9. The van der Waals surface area contributed by atoms with Gasteiger partial charge in [0.25, 0.3) is 5.91 Å². The van der Waals surface area contributed by atoms with Crippen molar-refractivity contribution in [3.63, 3.8) is 0 Å². The number of nitrogens with zero attached hydrogens (tertiary/aromatic N) is 1. The second-order valence-electron chi connectivity index (χ2n) is 8.44. The topological polar surface area (TPSA) is 97.0 Å². The highest BCUT2D eigenvalue weighted by molar-refractivity contribution is 9.10. The van der Waals surface area contributed by atoms with Crippen molar-refractivity contribution in [2.75, 3.05) is 26.3 Å². The third kappa shape index (κ3) is 9.76. The Labute approximate surface area is 221 Å². The predicted octanol–water partition coefficient (Wildman–Crippen LogP) is 4.35. The van der Waals surface area contributed by atoms with Crippen LogP contribution in [-0.4, -0.2) is 60.1 Å². The summed E-state index contributed by atoms with van der Waals surface area (Å²) in [6, 6.07) is 4.39. The zero-order valence-electron chi connectivity index (χ0n) is 20.6. The van der Waals surface area contributed by atoms with E-state index in [2.05, 4.69) is 40.4 Å². The highest BCUT2D eigenvalue weighted by Gasteiger charge is 2.34. The van der Waals surface area contributed by atoms with Gasteiger partial charge in [-0.2, -0.15) is 0 Å². The van der Waals surface area contributed by atoms with Crippen LogP contribution < -0.4 is 15.4 Å². The minimum Gasteiger partial charge on any atom is -0.493 e. The van der Waals surface area contributed by atoms with E-state index in [9.17, 15) is 14.4 Å². The normalized spacial score (nSPS) is 15.3. The molecular formula is C25H36BrN3O5S. The van der Waals surface area contributed by atoms with Crippen molar-refractivity contribution in [3.05, 3.63) is 28.2 Å². The number of carbonyl (C=O) groups excluding carboxylic acids is 3. The smallest absolute Gasteiger partial charge is 0.308 e. The minimum atomic E-state index is -0.841. The van der Waals surface area contributed by atoms with E-state index >= 15 is 0 Å². The van der Waals surface area contributed by atoms with Crippen LogP contribution in [0.5, 0.6) is 5.75 Å². The molecule has 1 aromatic rings. The van der Waals surface area contributed by atoms with Gasteiger partial charge in [-0.05, 0) is 43.3 Å². The number of halogens is 1. The lowest BCUT2D eigenvalue weighted by atomic mass is 10.1. The number of piperazine rings is 1. The molecule has 1 fully saturated rings. The van der Waals surface area contributed by atoms with Gasteiger partial charge in [-0.25, -0.2) is 0 Å². The molecule has 0 aromatic heterocycles. The maximum absolute atomic E-state index is 13.1. The average molecular weight is 571 g/mol. The van der Waals surface area contributed by atoms with Crippen molar-refractivity contribution >= 4 is 51.0 Å². The quantitative estimate of drug-likeness (QED) is 0.207. The predicted molar refractivity (Wildman–Crippen MR) is 142 cm³/mol. The second kappa shape index (κ2) is 15.7. The highest BCUT2D eigenvalue weighted by Crippen LogP contribution is 2.24. The monoisotopic (exact) mass is 569 g/mol. The summed E-state index contributed by atoms with van der Waals surface area (Å²) in [7, 11) is 0. The first-order chi connectivity index (χ1) is 16.9. The van der Waals surface area contributed by atoms with Crippen LogP contribution in [0.4, 0.5) is 0 Å². The van der Waals surface area contributed by atoms with Crippen LogP contribution in [0.25, 0.3) is 0 Å². The van der Waals surface area contributed by atoms with E-state index in [0.29, 0.717) is 37.6 Å². The van der Waals surface area contributed by atoms with Gasteiger partial charge in [0.05, 0.1) is 25.2 Å². The van der Waals surface area contributed by atoms with Gasteiger partial charge in [-0.3, -0.25) is 19.7 Å². The molecule has 0 bridgehead atoms. The maximum atomic E-state index is 13.1. The lowest BCUT2D eigenvalue weighted by Crippen LogP contribution is -2.60. The molecule has 1 unspecified atom stereocenters. The number of benzene rings is 1. The second-order valence-corrected chi connectivity index (χ2v) is 9.74. The fourth-order valence-electron chi connectivity index (χ4n) is 3.67. The van der Waals surface area contributed by atoms with Gasteiger partial charge < -0.3 is 19.7 Å². The summed E-state index contributed by atoms with van der Waals surface area (Å²) in [6.45, 7) is 5.79. The Bertz CT molecular complexity index is 883. The van der Waals surface area contributed by atoms with E-state index in [-0.39, 0.29) is 17.4 Å². The summed E-state index contributed by atoms with van der Waals surface area (Å²) < 4.78 is 11.9. The van der Waals surface area contributed by atoms with E-state index in [4.69, 9.17) is 21.7 Å². The average Bonchev–Trinajstić information content (AvgIpc) is 2.83. The molecule has 1 aromatic carbocycles. The lowest BCUT2D eigenvalue weighted by molar-refractivity contribution is -0.147. The Kier molecular flexibility index (Phi) is 13.0. The van der Waals surface area contributed by atoms with Crippen molar-refractivity contribution in [2.45, 2.75) is 71.3 Å². The Hall–Kier alpha value is -2.20. The van der Waals surface area contributed by atoms with Crippen LogP contribution in [0.15, 0.2) is 22.7 Å². The Balaban J connectivity index is 2.02. The molecule has 0 spiro atoms. The molecular weight excluding hydrogens is 534 g/mol. The molecule has 1 heterocycles. The first-order valence-electron chi connectivity index (χ1n) is 12.3. The number of rotatable bonds is 13. The van der Waals surface area contributed by atoms with Crippen molar-refractivity contribution in [1.82, 2.24) is 15.5 Å². The summed E-state index contributed by atoms with van der Waals surface area (Å²) in [5.74, 6) is -0.759. The molecule has 0 aliphatic carbocycles. The molecule has 35 heavy (non-hydrogen) atoms. The van der Waals surface area contributed by atoms with Gasteiger partial charge in [0.2, 0.25) is 5.91 Å². The van der Waals surface area contributed by atoms with Gasteiger partial charge in [0.1, 0.15) is 11.8 Å². The third-order valence-corrected chi connectivity index (χ3v) is 6.45. The largest absolute Gasteiger partial charge is 0.493 e. The summed E-state index contributed by atoms with van der Waals surface area (Å²) in [5, 5.41) is 5.55. The molecule has 8 nitrogen and oxygen atoms in total. The SMILES string of the molecule is CCCCCCOc1ccc(Br)cc1C(=O)NC(=S)N1CCNC(=O)C1CC(=O)OCCCCC. The number of carbonyl (C=O) groups is 3. The number of hydrogen-bond acceptors (Lipinski definition) is 6. The molecule has 1 saturated heterocycles. The molecule has 0 saturated carbocycles. The van der Waals surface area contributed by atoms with Crippen molar-refractivity contribution in [1.29, 1.82) is 0 Å². The molecule has 2 rings (SSSR count). The van der Waals surface area contributed by atoms with E-state index in [0.717, 1.165) is 49.4 Å². The van der Waals surface area contributed by atoms with E-state index in [1.54, 1.807) is 17.0 Å². The van der Waals surface area contributed by atoms with Crippen LogP contribution in [0.1, 0.15) is 75.6 Å².